The number of carbonyl (C=O) groups is 2. The molecule has 2 heterocycles. The summed E-state index contributed by atoms with van der Waals surface area (Å²) in [5, 5.41) is 11.3. The Morgan fingerprint density at radius 1 is 1.21 bits per heavy atom. The Kier molecular flexibility index (Phi) is 7.12. The number of ether oxygens (including phenoxy) is 1. The van der Waals surface area contributed by atoms with Crippen LogP contribution in [0.15, 0.2) is 40.8 Å². The summed E-state index contributed by atoms with van der Waals surface area (Å²) in [5.74, 6) is -0.478. The fourth-order valence-electron chi connectivity index (χ4n) is 4.03. The Hall–Kier alpha value is -3.46. The van der Waals surface area contributed by atoms with E-state index in [0.717, 1.165) is 18.4 Å². The van der Waals surface area contributed by atoms with E-state index in [4.69, 9.17) is 14.3 Å². The van der Waals surface area contributed by atoms with E-state index in [-0.39, 0.29) is 36.8 Å². The van der Waals surface area contributed by atoms with Gasteiger partial charge in [-0.15, -0.1) is 0 Å². The molecule has 180 valence electrons. The number of halogens is 1. The monoisotopic (exact) mass is 469 g/mol. The Labute approximate surface area is 196 Å². The number of oxazole rings is 1. The van der Waals surface area contributed by atoms with Crippen molar-refractivity contribution in [2.75, 3.05) is 26.2 Å². The van der Waals surface area contributed by atoms with Crippen LogP contribution in [0.1, 0.15) is 48.9 Å². The van der Waals surface area contributed by atoms with Gasteiger partial charge < -0.3 is 24.5 Å². The number of nitrogens with one attached hydrogen (secondary N) is 1. The van der Waals surface area contributed by atoms with Crippen LogP contribution in [-0.4, -0.2) is 59.3 Å². The molecule has 0 saturated carbocycles. The molecule has 1 aromatic heterocycles. The maximum Gasteiger partial charge on any atom is 0.410 e. The van der Waals surface area contributed by atoms with Gasteiger partial charge in [0.25, 0.3) is 5.91 Å². The second kappa shape index (κ2) is 10.2. The number of fused-ring (bicyclic) bond motifs is 1. The highest BCUT2D eigenvalue weighted by molar-refractivity contribution is 5.95. The van der Waals surface area contributed by atoms with Crippen molar-refractivity contribution in [3.8, 4) is 11.1 Å². The van der Waals surface area contributed by atoms with Crippen LogP contribution in [0.3, 0.4) is 0 Å². The van der Waals surface area contributed by atoms with Crippen LogP contribution in [0.5, 0.6) is 0 Å². The fraction of sp³-hybridized carbons (Fsp3) is 0.400. The zero-order valence-electron chi connectivity index (χ0n) is 19.2. The van der Waals surface area contributed by atoms with Gasteiger partial charge in [0.15, 0.2) is 11.5 Å². The molecule has 0 aliphatic carbocycles. The van der Waals surface area contributed by atoms with Crippen LogP contribution in [0, 0.1) is 5.82 Å². The topological polar surface area (TPSA) is 105 Å². The highest BCUT2D eigenvalue weighted by Gasteiger charge is 2.28. The number of aliphatic hydroxyl groups excluding tert-OH is 1. The van der Waals surface area contributed by atoms with Crippen molar-refractivity contribution < 1.29 is 28.2 Å². The van der Waals surface area contributed by atoms with Gasteiger partial charge >= 0.3 is 6.09 Å². The molecule has 0 bridgehead atoms. The first-order chi connectivity index (χ1) is 16.4. The number of piperidine rings is 1. The van der Waals surface area contributed by atoms with Crippen molar-refractivity contribution in [2.24, 2.45) is 0 Å². The number of amides is 2. The van der Waals surface area contributed by atoms with Gasteiger partial charge in [0, 0.05) is 25.6 Å². The second-order valence-electron chi connectivity index (χ2n) is 8.60. The maximum absolute atomic E-state index is 14.5. The summed E-state index contributed by atoms with van der Waals surface area (Å²) in [6, 6.07) is 9.86. The predicted octanol–water partition coefficient (Wildman–Crippen LogP) is 4.08. The number of hydrogen-bond donors (Lipinski definition) is 2. The summed E-state index contributed by atoms with van der Waals surface area (Å²) in [6.07, 6.45) is 1.03. The van der Waals surface area contributed by atoms with E-state index in [1.807, 2.05) is 26.0 Å². The van der Waals surface area contributed by atoms with Crippen LogP contribution in [0.25, 0.3) is 22.2 Å². The summed E-state index contributed by atoms with van der Waals surface area (Å²) < 4.78 is 25.8. The van der Waals surface area contributed by atoms with E-state index in [2.05, 4.69) is 10.3 Å². The summed E-state index contributed by atoms with van der Waals surface area (Å²) in [6.45, 7) is 4.67. The van der Waals surface area contributed by atoms with Crippen LogP contribution in [0.4, 0.5) is 9.18 Å². The molecule has 4 rings (SSSR count). The minimum absolute atomic E-state index is 0.0617. The van der Waals surface area contributed by atoms with Crippen molar-refractivity contribution in [1.82, 2.24) is 15.2 Å². The fourth-order valence-corrected chi connectivity index (χ4v) is 4.03. The maximum atomic E-state index is 14.5. The van der Waals surface area contributed by atoms with Gasteiger partial charge in [-0.25, -0.2) is 14.2 Å². The first-order valence-corrected chi connectivity index (χ1v) is 11.4. The van der Waals surface area contributed by atoms with Crippen molar-refractivity contribution in [1.29, 1.82) is 0 Å². The van der Waals surface area contributed by atoms with E-state index < -0.39 is 11.7 Å². The molecule has 1 fully saturated rings. The Morgan fingerprint density at radius 3 is 2.59 bits per heavy atom. The Morgan fingerprint density at radius 2 is 1.91 bits per heavy atom. The number of nitrogens with zero attached hydrogens (tertiary/aromatic N) is 2. The molecule has 0 unspecified atom stereocenters. The predicted molar refractivity (Wildman–Crippen MR) is 124 cm³/mol. The molecular weight excluding hydrogens is 441 g/mol. The van der Waals surface area contributed by atoms with Gasteiger partial charge in [-0.2, -0.15) is 0 Å². The second-order valence-corrected chi connectivity index (χ2v) is 8.60. The Bertz CT molecular complexity index is 1180. The molecule has 1 aliphatic rings. The SMILES string of the molecule is CC(C)OC(=O)N1CCC(c2nc3cc(-c4ccc(C(=O)NCCO)c(F)c4)ccc3o2)CC1. The highest BCUT2D eigenvalue weighted by Crippen LogP contribution is 2.32. The van der Waals surface area contributed by atoms with Crippen molar-refractivity contribution in [3.63, 3.8) is 0 Å². The molecule has 2 aromatic carbocycles. The van der Waals surface area contributed by atoms with Gasteiger partial charge in [-0.05, 0) is 62.1 Å². The van der Waals surface area contributed by atoms with Crippen LogP contribution < -0.4 is 5.32 Å². The molecule has 3 aromatic rings. The van der Waals surface area contributed by atoms with Gasteiger partial charge in [0.2, 0.25) is 0 Å². The largest absolute Gasteiger partial charge is 0.447 e. The minimum Gasteiger partial charge on any atom is -0.447 e. The zero-order valence-corrected chi connectivity index (χ0v) is 19.2. The minimum atomic E-state index is -0.642. The standard InChI is InChI=1S/C25H28FN3O5/c1-15(2)33-25(32)29-10-7-16(8-11-29)24-28-21-14-18(4-6-22(21)34-24)17-3-5-19(20(26)13-17)23(31)27-9-12-30/h3-6,13-16,30H,7-12H2,1-2H3,(H,27,31). The van der Waals surface area contributed by atoms with Gasteiger partial charge in [-0.3, -0.25) is 4.79 Å². The van der Waals surface area contributed by atoms with Crippen molar-refractivity contribution in [3.05, 3.63) is 53.7 Å². The van der Waals surface area contributed by atoms with E-state index in [0.29, 0.717) is 35.6 Å². The molecule has 0 radical (unpaired) electrons. The Balaban J connectivity index is 1.47. The molecule has 1 saturated heterocycles. The third kappa shape index (κ3) is 5.20. The number of aliphatic hydroxyl groups is 1. The smallest absolute Gasteiger partial charge is 0.410 e. The molecule has 0 atom stereocenters. The number of benzene rings is 2. The number of aromatic nitrogens is 1. The van der Waals surface area contributed by atoms with Crippen LogP contribution >= 0.6 is 0 Å². The lowest BCUT2D eigenvalue weighted by Crippen LogP contribution is -2.39. The molecule has 1 aliphatic heterocycles. The lowest BCUT2D eigenvalue weighted by atomic mass is 9.97. The third-order valence-corrected chi connectivity index (χ3v) is 5.79. The van der Waals surface area contributed by atoms with Crippen LogP contribution in [0.2, 0.25) is 0 Å². The lowest BCUT2D eigenvalue weighted by Gasteiger charge is -2.30. The molecule has 34 heavy (non-hydrogen) atoms. The van der Waals surface area contributed by atoms with Crippen molar-refractivity contribution in [2.45, 2.75) is 38.7 Å². The summed E-state index contributed by atoms with van der Waals surface area (Å²) in [4.78, 5) is 30.5. The molecule has 8 nitrogen and oxygen atoms in total. The average Bonchev–Trinajstić information content (AvgIpc) is 3.25. The third-order valence-electron chi connectivity index (χ3n) is 5.79. The van der Waals surface area contributed by atoms with E-state index in [1.54, 1.807) is 17.0 Å². The van der Waals surface area contributed by atoms with E-state index in [1.165, 1.54) is 12.1 Å². The van der Waals surface area contributed by atoms with E-state index in [9.17, 15) is 14.0 Å². The van der Waals surface area contributed by atoms with Gasteiger partial charge in [-0.1, -0.05) is 12.1 Å². The molecule has 0 spiro atoms. The first-order valence-electron chi connectivity index (χ1n) is 11.4. The van der Waals surface area contributed by atoms with E-state index >= 15 is 0 Å². The molecule has 2 amide bonds. The summed E-state index contributed by atoms with van der Waals surface area (Å²) in [5.41, 5.74) is 2.59. The quantitative estimate of drug-likeness (QED) is 0.564. The molecule has 9 heteroatoms. The normalized spacial score (nSPS) is 14.6. The number of rotatable bonds is 6. The lowest BCUT2D eigenvalue weighted by molar-refractivity contribution is 0.0681. The number of likely N-dealkylation sites (tertiary alicyclic amines) is 1. The van der Waals surface area contributed by atoms with Gasteiger partial charge in [0.1, 0.15) is 11.3 Å². The molecular formula is C25H28FN3O5. The van der Waals surface area contributed by atoms with Crippen LogP contribution in [-0.2, 0) is 4.74 Å². The summed E-state index contributed by atoms with van der Waals surface area (Å²) in [7, 11) is 0. The molecule has 2 N–H and O–H groups in total. The van der Waals surface area contributed by atoms with Gasteiger partial charge in [0.05, 0.1) is 18.3 Å². The number of hydrogen-bond acceptors (Lipinski definition) is 6. The number of carbonyl (C=O) groups excluding carboxylic acids is 2. The highest BCUT2D eigenvalue weighted by atomic mass is 19.1. The zero-order chi connectivity index (χ0) is 24.2. The summed E-state index contributed by atoms with van der Waals surface area (Å²) >= 11 is 0. The first kappa shape index (κ1) is 23.7. The average molecular weight is 470 g/mol. The van der Waals surface area contributed by atoms with Crippen molar-refractivity contribution >= 4 is 23.1 Å².